The maximum Gasteiger partial charge on any atom is 0.237 e. The highest BCUT2D eigenvalue weighted by molar-refractivity contribution is 5.81. The molecule has 4 heteroatoms. The van der Waals surface area contributed by atoms with Crippen molar-refractivity contribution < 1.29 is 9.53 Å². The molecule has 0 aromatic rings. The second-order valence-electron chi connectivity index (χ2n) is 5.99. The Labute approximate surface area is 110 Å². The van der Waals surface area contributed by atoms with Crippen LogP contribution >= 0.6 is 0 Å². The summed E-state index contributed by atoms with van der Waals surface area (Å²) in [6.45, 7) is 5.66. The van der Waals surface area contributed by atoms with Gasteiger partial charge in [0.1, 0.15) is 0 Å². The fourth-order valence-electron chi connectivity index (χ4n) is 2.83. The van der Waals surface area contributed by atoms with E-state index < -0.39 is 0 Å². The minimum Gasteiger partial charge on any atom is -0.374 e. The highest BCUT2D eigenvalue weighted by Gasteiger charge is 2.30. The molecule has 1 aliphatic heterocycles. The molecule has 2 rings (SSSR count). The summed E-state index contributed by atoms with van der Waals surface area (Å²) in [5.74, 6) is 0.128. The van der Waals surface area contributed by atoms with E-state index in [1.165, 1.54) is 12.8 Å². The number of ether oxygens (including phenoxy) is 1. The molecule has 0 radical (unpaired) electrons. The number of hydrogen-bond acceptors (Lipinski definition) is 3. The van der Waals surface area contributed by atoms with Gasteiger partial charge in [0.15, 0.2) is 0 Å². The average Bonchev–Trinajstić information content (AvgIpc) is 2.98. The van der Waals surface area contributed by atoms with Crippen molar-refractivity contribution in [2.24, 2.45) is 0 Å². The maximum atomic E-state index is 12.0. The fraction of sp³-hybridized carbons (Fsp3) is 0.929. The van der Waals surface area contributed by atoms with Gasteiger partial charge in [0.05, 0.1) is 11.6 Å². The van der Waals surface area contributed by atoms with E-state index in [1.807, 2.05) is 6.92 Å². The van der Waals surface area contributed by atoms with E-state index in [9.17, 15) is 4.79 Å². The zero-order valence-electron chi connectivity index (χ0n) is 11.6. The van der Waals surface area contributed by atoms with Crippen LogP contribution in [-0.4, -0.2) is 36.7 Å². The molecule has 104 valence electrons. The summed E-state index contributed by atoms with van der Waals surface area (Å²) < 4.78 is 5.71. The van der Waals surface area contributed by atoms with E-state index in [0.717, 1.165) is 38.8 Å². The second-order valence-corrected chi connectivity index (χ2v) is 5.99. The molecule has 4 nitrogen and oxygen atoms in total. The first-order valence-corrected chi connectivity index (χ1v) is 7.27. The fourth-order valence-corrected chi connectivity index (χ4v) is 2.83. The Bertz CT molecular complexity index is 282. The van der Waals surface area contributed by atoms with Crippen molar-refractivity contribution in [2.45, 2.75) is 70.1 Å². The van der Waals surface area contributed by atoms with Crippen molar-refractivity contribution in [3.05, 3.63) is 0 Å². The Morgan fingerprint density at radius 3 is 2.72 bits per heavy atom. The van der Waals surface area contributed by atoms with Crippen LogP contribution in [0.5, 0.6) is 0 Å². The molecule has 2 atom stereocenters. The molecule has 1 amide bonds. The highest BCUT2D eigenvalue weighted by Crippen LogP contribution is 2.24. The van der Waals surface area contributed by atoms with Gasteiger partial charge in [-0.05, 0) is 39.5 Å². The van der Waals surface area contributed by atoms with Gasteiger partial charge in [-0.2, -0.15) is 0 Å². The smallest absolute Gasteiger partial charge is 0.237 e. The predicted octanol–water partition coefficient (Wildman–Crippen LogP) is 1.59. The van der Waals surface area contributed by atoms with E-state index in [-0.39, 0.29) is 17.6 Å². The number of rotatable bonds is 5. The first kappa shape index (κ1) is 13.8. The van der Waals surface area contributed by atoms with E-state index in [2.05, 4.69) is 17.6 Å². The van der Waals surface area contributed by atoms with Crippen molar-refractivity contribution in [1.82, 2.24) is 10.6 Å². The third-order valence-corrected chi connectivity index (χ3v) is 4.18. The molecule has 0 aromatic heterocycles. The number of hydrogen-bond donors (Lipinski definition) is 2. The van der Waals surface area contributed by atoms with Gasteiger partial charge in [-0.1, -0.05) is 12.8 Å². The highest BCUT2D eigenvalue weighted by atomic mass is 16.5. The normalized spacial score (nSPS) is 30.6. The molecule has 2 fully saturated rings. The molecular weight excluding hydrogens is 228 g/mol. The van der Waals surface area contributed by atoms with Crippen molar-refractivity contribution in [3.8, 4) is 0 Å². The van der Waals surface area contributed by atoms with Gasteiger partial charge in [0.2, 0.25) is 5.91 Å². The lowest BCUT2D eigenvalue weighted by molar-refractivity contribution is -0.123. The van der Waals surface area contributed by atoms with E-state index in [0.29, 0.717) is 6.04 Å². The molecule has 0 aromatic carbocycles. The third kappa shape index (κ3) is 3.69. The molecule has 0 bridgehead atoms. The minimum absolute atomic E-state index is 0.0814. The Kier molecular flexibility index (Phi) is 4.62. The predicted molar refractivity (Wildman–Crippen MR) is 71.5 cm³/mol. The first-order valence-electron chi connectivity index (χ1n) is 7.27. The molecule has 18 heavy (non-hydrogen) atoms. The van der Waals surface area contributed by atoms with Gasteiger partial charge in [-0.3, -0.25) is 4.79 Å². The largest absolute Gasteiger partial charge is 0.374 e. The van der Waals surface area contributed by atoms with Gasteiger partial charge < -0.3 is 15.4 Å². The van der Waals surface area contributed by atoms with Crippen molar-refractivity contribution in [3.63, 3.8) is 0 Å². The molecule has 0 spiro atoms. The maximum absolute atomic E-state index is 12.0. The molecule has 2 aliphatic rings. The number of amides is 1. The lowest BCUT2D eigenvalue weighted by Gasteiger charge is -2.26. The van der Waals surface area contributed by atoms with E-state index in [1.54, 1.807) is 0 Å². The summed E-state index contributed by atoms with van der Waals surface area (Å²) in [4.78, 5) is 12.0. The van der Waals surface area contributed by atoms with Gasteiger partial charge in [-0.25, -0.2) is 0 Å². The van der Waals surface area contributed by atoms with Crippen molar-refractivity contribution >= 4 is 5.91 Å². The summed E-state index contributed by atoms with van der Waals surface area (Å²) in [5.41, 5.74) is -0.0814. The molecule has 1 aliphatic carbocycles. The molecule has 1 saturated heterocycles. The van der Waals surface area contributed by atoms with Gasteiger partial charge in [0, 0.05) is 19.2 Å². The monoisotopic (exact) mass is 254 g/mol. The number of nitrogens with one attached hydrogen (secondary N) is 2. The van der Waals surface area contributed by atoms with E-state index in [4.69, 9.17) is 4.74 Å². The summed E-state index contributed by atoms with van der Waals surface area (Å²) >= 11 is 0. The second kappa shape index (κ2) is 6.02. The van der Waals surface area contributed by atoms with Crippen LogP contribution in [-0.2, 0) is 9.53 Å². The number of carbonyl (C=O) groups excluding carboxylic acids is 1. The Morgan fingerprint density at radius 1 is 1.39 bits per heavy atom. The van der Waals surface area contributed by atoms with Crippen LogP contribution in [0.2, 0.25) is 0 Å². The van der Waals surface area contributed by atoms with Crippen LogP contribution in [0.4, 0.5) is 0 Å². The molecule has 2 N–H and O–H groups in total. The zero-order chi connectivity index (χ0) is 13.0. The number of carbonyl (C=O) groups is 1. The SMILES string of the molecule is CC(NCC1(C)CCCO1)C(=O)NC1CCCC1. The summed E-state index contributed by atoms with van der Waals surface area (Å²) in [6.07, 6.45) is 6.98. The third-order valence-electron chi connectivity index (χ3n) is 4.18. The minimum atomic E-state index is -0.133. The van der Waals surface area contributed by atoms with Crippen LogP contribution < -0.4 is 10.6 Å². The van der Waals surface area contributed by atoms with Gasteiger partial charge in [0.25, 0.3) is 0 Å². The van der Waals surface area contributed by atoms with Crippen LogP contribution in [0.15, 0.2) is 0 Å². The van der Waals surface area contributed by atoms with E-state index >= 15 is 0 Å². The average molecular weight is 254 g/mol. The molecule has 2 unspecified atom stereocenters. The zero-order valence-corrected chi connectivity index (χ0v) is 11.6. The van der Waals surface area contributed by atoms with Crippen LogP contribution in [0, 0.1) is 0 Å². The quantitative estimate of drug-likeness (QED) is 0.783. The molecule has 1 saturated carbocycles. The Hall–Kier alpha value is -0.610. The summed E-state index contributed by atoms with van der Waals surface area (Å²) in [6, 6.07) is 0.270. The topological polar surface area (TPSA) is 50.4 Å². The Morgan fingerprint density at radius 2 is 2.11 bits per heavy atom. The van der Waals surface area contributed by atoms with Crippen LogP contribution in [0.25, 0.3) is 0 Å². The Balaban J connectivity index is 1.69. The summed E-state index contributed by atoms with van der Waals surface area (Å²) in [5, 5.41) is 6.43. The lowest BCUT2D eigenvalue weighted by Crippen LogP contribution is -2.49. The van der Waals surface area contributed by atoms with Crippen molar-refractivity contribution in [2.75, 3.05) is 13.2 Å². The van der Waals surface area contributed by atoms with Gasteiger partial charge >= 0.3 is 0 Å². The van der Waals surface area contributed by atoms with Crippen LogP contribution in [0.3, 0.4) is 0 Å². The first-order chi connectivity index (χ1) is 8.59. The van der Waals surface area contributed by atoms with Crippen LogP contribution in [0.1, 0.15) is 52.4 Å². The van der Waals surface area contributed by atoms with Gasteiger partial charge in [-0.15, -0.1) is 0 Å². The molecular formula is C14H26N2O2. The molecule has 1 heterocycles. The summed E-state index contributed by atoms with van der Waals surface area (Å²) in [7, 11) is 0. The standard InChI is InChI=1S/C14H26N2O2/c1-11(13(17)16-12-6-3-4-7-12)15-10-14(2)8-5-9-18-14/h11-12,15H,3-10H2,1-2H3,(H,16,17). The lowest BCUT2D eigenvalue weighted by atomic mass is 10.0. The van der Waals surface area contributed by atoms with Crippen molar-refractivity contribution in [1.29, 1.82) is 0 Å².